The number of likely N-dealkylation sites (N-methyl/N-ethyl adjacent to an activating group) is 1. The highest BCUT2D eigenvalue weighted by Gasteiger charge is 2.47. The van der Waals surface area contributed by atoms with Crippen molar-refractivity contribution < 1.29 is 0 Å². The molecule has 3 aliphatic rings. The van der Waals surface area contributed by atoms with Crippen LogP contribution in [0.3, 0.4) is 0 Å². The fourth-order valence-corrected chi connectivity index (χ4v) is 9.29. The predicted octanol–water partition coefficient (Wildman–Crippen LogP) is 9.34. The summed E-state index contributed by atoms with van der Waals surface area (Å²) in [7, 11) is 2.16. The molecule has 3 heterocycles. The third-order valence-electron chi connectivity index (χ3n) is 11.3. The van der Waals surface area contributed by atoms with Crippen LogP contribution in [0.2, 0.25) is 0 Å². The summed E-state index contributed by atoms with van der Waals surface area (Å²) in [6, 6.07) is 24.5. The summed E-state index contributed by atoms with van der Waals surface area (Å²) in [4.78, 5) is 11.2. The largest absolute Gasteiger partial charge is 0.379 e. The summed E-state index contributed by atoms with van der Waals surface area (Å²) < 4.78 is 0. The van der Waals surface area contributed by atoms with E-state index in [4.69, 9.17) is 4.98 Å². The average Bonchev–Trinajstić information content (AvgIpc) is 3.68. The van der Waals surface area contributed by atoms with Gasteiger partial charge in [-0.25, -0.2) is 4.98 Å². The number of piperazine rings is 1. The minimum Gasteiger partial charge on any atom is -0.379 e. The van der Waals surface area contributed by atoms with E-state index >= 15 is 0 Å². The summed E-state index contributed by atoms with van der Waals surface area (Å²) in [5.74, 6) is 0.835. The number of benzene rings is 2. The smallest absolute Gasteiger partial charge is 0.130 e. The lowest BCUT2D eigenvalue weighted by Crippen LogP contribution is -2.46. The highest BCUT2D eigenvalue weighted by atomic mass is 32.1. The fourth-order valence-electron chi connectivity index (χ4n) is 8.22. The standard InChI is InChI=1S/C46H58N6S/c1-31-13-17-41(48-34(4)46(20-21-46)39-15-14-37-27-44(5,6)28-38(37)26-39)49-43(31)36-12-10-11-35(25-36)33(3)50-45(7,8)30-47-22-19-40-16-18-42(53-40)52-24-23-51(9)29-32(52)2/h10-18,25-26,47,50H,2-4,19-24,27-30H2,1,5-9H3,(H,48,49). The Bertz CT molecular complexity index is 2030. The number of rotatable bonds is 14. The molecule has 0 radical (unpaired) electrons. The maximum atomic E-state index is 5.14. The number of anilines is 2. The molecule has 4 aromatic rings. The zero-order valence-electron chi connectivity index (χ0n) is 32.8. The van der Waals surface area contributed by atoms with Gasteiger partial charge in [0.25, 0.3) is 0 Å². The molecule has 3 N–H and O–H groups in total. The van der Waals surface area contributed by atoms with Crippen LogP contribution in [0.15, 0.2) is 97.9 Å². The molecule has 2 aromatic heterocycles. The van der Waals surface area contributed by atoms with Crippen molar-refractivity contribution in [1.29, 1.82) is 0 Å². The maximum Gasteiger partial charge on any atom is 0.130 e. The lowest BCUT2D eigenvalue weighted by molar-refractivity contribution is 0.341. The number of aryl methyl sites for hydroxylation is 1. The Morgan fingerprint density at radius 2 is 1.75 bits per heavy atom. The summed E-state index contributed by atoms with van der Waals surface area (Å²) in [5, 5.41) is 12.3. The van der Waals surface area contributed by atoms with Crippen molar-refractivity contribution in [3.8, 4) is 11.3 Å². The second kappa shape index (κ2) is 14.6. The Morgan fingerprint density at radius 1 is 0.962 bits per heavy atom. The molecule has 278 valence electrons. The van der Waals surface area contributed by atoms with Crippen LogP contribution < -0.4 is 20.9 Å². The van der Waals surface area contributed by atoms with Crippen molar-refractivity contribution in [2.24, 2.45) is 5.41 Å². The SMILES string of the molecule is C=C(NC(C)(C)CNCCc1ccc(N2CCN(C)CC2=C)s1)c1cccc(-c2nc(NC(=C)C3(c4ccc5c(c4)CC(C)(C)C5)CC3)ccc2C)c1. The first-order chi connectivity index (χ1) is 25.2. The third kappa shape index (κ3) is 8.33. The maximum absolute atomic E-state index is 5.14. The fraction of sp³-hybridized carbons (Fsp3) is 0.413. The molecule has 2 aromatic carbocycles. The van der Waals surface area contributed by atoms with E-state index in [1.807, 2.05) is 11.3 Å². The number of pyridine rings is 1. The van der Waals surface area contributed by atoms with Gasteiger partial charge in [0.2, 0.25) is 0 Å². The number of aromatic nitrogens is 1. The van der Waals surface area contributed by atoms with Gasteiger partial charge in [0.05, 0.1) is 10.7 Å². The molecule has 0 bridgehead atoms. The van der Waals surface area contributed by atoms with Crippen molar-refractivity contribution in [2.75, 3.05) is 50.0 Å². The number of fused-ring (bicyclic) bond motifs is 1. The first-order valence-corrected chi connectivity index (χ1v) is 20.1. The number of thiophene rings is 1. The molecule has 2 aliphatic carbocycles. The molecule has 0 unspecified atom stereocenters. The van der Waals surface area contributed by atoms with Gasteiger partial charge >= 0.3 is 0 Å². The molecule has 0 amide bonds. The van der Waals surface area contributed by atoms with Crippen molar-refractivity contribution in [3.63, 3.8) is 0 Å². The van der Waals surface area contributed by atoms with E-state index in [1.54, 1.807) is 0 Å². The number of nitrogens with zero attached hydrogens (tertiary/aromatic N) is 3. The molecular weight excluding hydrogens is 669 g/mol. The monoisotopic (exact) mass is 726 g/mol. The van der Waals surface area contributed by atoms with Gasteiger partial charge in [-0.1, -0.05) is 76.0 Å². The molecule has 1 saturated heterocycles. The lowest BCUT2D eigenvalue weighted by Gasteiger charge is -2.34. The van der Waals surface area contributed by atoms with Crippen molar-refractivity contribution in [1.82, 2.24) is 20.5 Å². The Labute approximate surface area is 322 Å². The summed E-state index contributed by atoms with van der Waals surface area (Å²) in [6.07, 6.45) is 5.55. The van der Waals surface area contributed by atoms with Crippen LogP contribution in [0.1, 0.15) is 73.2 Å². The molecule has 1 saturated carbocycles. The number of hydrogen-bond donors (Lipinski definition) is 3. The Morgan fingerprint density at radius 3 is 2.53 bits per heavy atom. The van der Waals surface area contributed by atoms with Gasteiger partial charge in [0.1, 0.15) is 5.82 Å². The predicted molar refractivity (Wildman–Crippen MR) is 227 cm³/mol. The Kier molecular flexibility index (Phi) is 10.2. The Hall–Kier alpha value is -4.17. The van der Waals surface area contributed by atoms with Gasteiger partial charge in [-0.05, 0) is 117 Å². The molecule has 0 atom stereocenters. The van der Waals surface area contributed by atoms with E-state index in [0.29, 0.717) is 5.41 Å². The van der Waals surface area contributed by atoms with Crippen molar-refractivity contribution in [2.45, 2.75) is 77.7 Å². The molecular formula is C46H58N6S. The first-order valence-electron chi connectivity index (χ1n) is 19.3. The topological polar surface area (TPSA) is 55.5 Å². The molecule has 0 spiro atoms. The second-order valence-electron chi connectivity index (χ2n) is 17.2. The van der Waals surface area contributed by atoms with Crippen LogP contribution in [-0.2, 0) is 24.7 Å². The average molecular weight is 727 g/mol. The van der Waals surface area contributed by atoms with E-state index in [0.717, 1.165) is 104 Å². The normalized spacial score (nSPS) is 17.8. The molecule has 6 nitrogen and oxygen atoms in total. The van der Waals surface area contributed by atoms with E-state index < -0.39 is 0 Å². The van der Waals surface area contributed by atoms with Crippen molar-refractivity contribution in [3.05, 3.63) is 131 Å². The molecule has 7 heteroatoms. The van der Waals surface area contributed by atoms with Crippen LogP contribution in [0.4, 0.5) is 10.8 Å². The summed E-state index contributed by atoms with van der Waals surface area (Å²) in [6.45, 7) is 29.4. The Balaban J connectivity index is 0.944. The number of allylic oxidation sites excluding steroid dienone is 1. The van der Waals surface area contributed by atoms with Crippen LogP contribution in [-0.4, -0.2) is 55.2 Å². The summed E-state index contributed by atoms with van der Waals surface area (Å²) in [5.41, 5.74) is 11.9. The quantitative estimate of drug-likeness (QED) is 0.113. The molecule has 53 heavy (non-hydrogen) atoms. The number of nitrogens with one attached hydrogen (secondary N) is 3. The van der Waals surface area contributed by atoms with E-state index in [-0.39, 0.29) is 11.0 Å². The van der Waals surface area contributed by atoms with Gasteiger partial charge in [-0.15, -0.1) is 11.3 Å². The van der Waals surface area contributed by atoms with Crippen LogP contribution in [0.25, 0.3) is 17.0 Å². The van der Waals surface area contributed by atoms with Crippen LogP contribution in [0.5, 0.6) is 0 Å². The van der Waals surface area contributed by atoms with Gasteiger partial charge in [-0.3, -0.25) is 4.90 Å². The highest BCUT2D eigenvalue weighted by Crippen LogP contribution is 2.54. The van der Waals surface area contributed by atoms with E-state index in [2.05, 4.69) is 154 Å². The van der Waals surface area contributed by atoms with E-state index in [9.17, 15) is 0 Å². The van der Waals surface area contributed by atoms with Crippen LogP contribution in [0, 0.1) is 12.3 Å². The van der Waals surface area contributed by atoms with Gasteiger partial charge in [0, 0.05) is 71.2 Å². The highest BCUT2D eigenvalue weighted by molar-refractivity contribution is 7.16. The zero-order chi connectivity index (χ0) is 37.5. The minimum atomic E-state index is -0.183. The second-order valence-corrected chi connectivity index (χ2v) is 18.4. The first kappa shape index (κ1) is 37.2. The molecule has 1 aliphatic heterocycles. The number of hydrogen-bond acceptors (Lipinski definition) is 7. The zero-order valence-corrected chi connectivity index (χ0v) is 33.6. The molecule has 7 rings (SSSR count). The van der Waals surface area contributed by atoms with Gasteiger partial charge in [-0.2, -0.15) is 0 Å². The van der Waals surface area contributed by atoms with Gasteiger partial charge in [0.15, 0.2) is 0 Å². The summed E-state index contributed by atoms with van der Waals surface area (Å²) >= 11 is 1.88. The van der Waals surface area contributed by atoms with Crippen LogP contribution >= 0.6 is 11.3 Å². The van der Waals surface area contributed by atoms with Crippen molar-refractivity contribution >= 4 is 27.9 Å². The lowest BCUT2D eigenvalue weighted by atomic mass is 9.89. The van der Waals surface area contributed by atoms with E-state index in [1.165, 1.54) is 32.3 Å². The third-order valence-corrected chi connectivity index (χ3v) is 12.5. The van der Waals surface area contributed by atoms with Gasteiger partial charge < -0.3 is 20.9 Å². The molecule has 2 fully saturated rings. The minimum absolute atomic E-state index is 0.0203.